The molecule has 0 fully saturated rings. The number of halogens is 2. The van der Waals surface area contributed by atoms with Gasteiger partial charge in [-0.05, 0) is 12.1 Å². The third-order valence-electron chi connectivity index (χ3n) is 1.75. The molecule has 0 aliphatic carbocycles. The van der Waals surface area contributed by atoms with Gasteiger partial charge in [0, 0.05) is 0 Å². The molecule has 1 rings (SSSR count). The number of benzene rings is 1. The molecule has 0 unspecified atom stereocenters. The number of rotatable bonds is 4. The van der Waals surface area contributed by atoms with Crippen LogP contribution in [0.2, 0.25) is 0 Å². The van der Waals surface area contributed by atoms with E-state index in [1.54, 1.807) is 0 Å². The van der Waals surface area contributed by atoms with Gasteiger partial charge in [0.15, 0.2) is 5.82 Å². The zero-order valence-electron chi connectivity index (χ0n) is 8.40. The van der Waals surface area contributed by atoms with Gasteiger partial charge in [-0.15, -0.1) is 0 Å². The quantitative estimate of drug-likeness (QED) is 0.775. The summed E-state index contributed by atoms with van der Waals surface area (Å²) in [6.45, 7) is 0. The Morgan fingerprint density at radius 2 is 2.00 bits per heavy atom. The minimum Gasteiger partial charge on any atom is -0.477 e. The van der Waals surface area contributed by atoms with Crippen LogP contribution in [0.3, 0.4) is 0 Å². The number of nitrogens with one attached hydrogen (secondary N) is 1. The molecule has 0 saturated heterocycles. The topological polar surface area (TPSA) is 92.7 Å². The van der Waals surface area contributed by atoms with E-state index in [2.05, 4.69) is 4.84 Å². The van der Waals surface area contributed by atoms with Gasteiger partial charge in [0.1, 0.15) is 16.3 Å². The molecule has 0 atom stereocenters. The molecule has 0 spiro atoms. The van der Waals surface area contributed by atoms with Crippen molar-refractivity contribution in [2.24, 2.45) is 0 Å². The first-order valence-corrected chi connectivity index (χ1v) is 5.55. The average molecular weight is 267 g/mol. The van der Waals surface area contributed by atoms with Gasteiger partial charge in [-0.1, -0.05) is 4.89 Å². The van der Waals surface area contributed by atoms with Crippen molar-refractivity contribution in [1.82, 2.24) is 4.89 Å². The van der Waals surface area contributed by atoms with Crippen LogP contribution in [-0.2, 0) is 14.9 Å². The Hall–Kier alpha value is -1.58. The molecule has 0 aliphatic rings. The highest BCUT2D eigenvalue weighted by molar-refractivity contribution is 7.89. The number of carbonyl (C=O) groups is 1. The van der Waals surface area contributed by atoms with Crippen molar-refractivity contribution < 1.29 is 31.9 Å². The van der Waals surface area contributed by atoms with E-state index in [0.29, 0.717) is 12.1 Å². The Balaban J connectivity index is 3.49. The van der Waals surface area contributed by atoms with E-state index in [1.807, 2.05) is 0 Å². The van der Waals surface area contributed by atoms with Crippen LogP contribution < -0.4 is 4.89 Å². The van der Waals surface area contributed by atoms with Crippen LogP contribution in [0.25, 0.3) is 0 Å². The van der Waals surface area contributed by atoms with E-state index in [9.17, 15) is 22.0 Å². The van der Waals surface area contributed by atoms with Crippen molar-refractivity contribution in [1.29, 1.82) is 0 Å². The lowest BCUT2D eigenvalue weighted by Gasteiger charge is -2.07. The van der Waals surface area contributed by atoms with Gasteiger partial charge in [-0.3, -0.25) is 4.84 Å². The van der Waals surface area contributed by atoms with Crippen molar-refractivity contribution in [3.63, 3.8) is 0 Å². The molecule has 0 radical (unpaired) electrons. The Labute approximate surface area is 94.8 Å². The van der Waals surface area contributed by atoms with Gasteiger partial charge in [0.2, 0.25) is 0 Å². The van der Waals surface area contributed by atoms with Gasteiger partial charge in [0.25, 0.3) is 10.0 Å². The largest absolute Gasteiger partial charge is 0.477 e. The van der Waals surface area contributed by atoms with Crippen molar-refractivity contribution in [3.05, 3.63) is 29.3 Å². The third-order valence-corrected chi connectivity index (χ3v) is 3.03. The molecule has 17 heavy (non-hydrogen) atoms. The predicted octanol–water partition coefficient (Wildman–Crippen LogP) is 0.503. The monoisotopic (exact) mass is 267 g/mol. The molecule has 0 bridgehead atoms. The maximum atomic E-state index is 13.5. The Kier molecular flexibility index (Phi) is 3.76. The molecule has 2 N–H and O–H groups in total. The lowest BCUT2D eigenvalue weighted by Crippen LogP contribution is -2.24. The fraction of sp³-hybridized carbons (Fsp3) is 0.125. The minimum atomic E-state index is -4.39. The molecule has 0 aromatic heterocycles. The summed E-state index contributed by atoms with van der Waals surface area (Å²) in [5.74, 6) is -4.97. The number of carboxylic acid groups (broad SMARTS) is 1. The molecule has 0 aliphatic heterocycles. The van der Waals surface area contributed by atoms with Crippen LogP contribution in [0.4, 0.5) is 8.78 Å². The molecule has 1 aromatic carbocycles. The molecular weight excluding hydrogens is 260 g/mol. The second kappa shape index (κ2) is 4.73. The summed E-state index contributed by atoms with van der Waals surface area (Å²) in [6.07, 6.45) is 0. The van der Waals surface area contributed by atoms with Gasteiger partial charge >= 0.3 is 5.97 Å². The van der Waals surface area contributed by atoms with Crippen LogP contribution >= 0.6 is 0 Å². The van der Waals surface area contributed by atoms with Crippen LogP contribution in [0.15, 0.2) is 17.0 Å². The molecule has 0 saturated carbocycles. The molecule has 6 nitrogen and oxygen atoms in total. The van der Waals surface area contributed by atoms with E-state index < -0.39 is 38.1 Å². The number of hydrogen-bond acceptors (Lipinski definition) is 4. The maximum Gasteiger partial charge on any atom is 0.341 e. The normalized spacial score (nSPS) is 11.5. The number of hydrogen-bond donors (Lipinski definition) is 2. The van der Waals surface area contributed by atoms with E-state index in [4.69, 9.17) is 5.11 Å². The molecular formula is C8H7F2NO5S. The first kappa shape index (κ1) is 13.5. The minimum absolute atomic E-state index is 0.538. The zero-order valence-corrected chi connectivity index (χ0v) is 9.22. The maximum absolute atomic E-state index is 13.5. The Morgan fingerprint density at radius 3 is 2.47 bits per heavy atom. The number of sulfonamides is 1. The Morgan fingerprint density at radius 1 is 1.41 bits per heavy atom. The average Bonchev–Trinajstić information content (AvgIpc) is 2.15. The molecule has 94 valence electrons. The summed E-state index contributed by atoms with van der Waals surface area (Å²) in [4.78, 5) is 15.1. The fourth-order valence-electron chi connectivity index (χ4n) is 1.09. The van der Waals surface area contributed by atoms with Crippen LogP contribution in [0.5, 0.6) is 0 Å². The zero-order chi connectivity index (χ0) is 13.2. The molecule has 9 heteroatoms. The summed E-state index contributed by atoms with van der Waals surface area (Å²) < 4.78 is 49.2. The molecule has 1 aromatic rings. The van der Waals surface area contributed by atoms with Crippen molar-refractivity contribution >= 4 is 16.0 Å². The second-order valence-corrected chi connectivity index (χ2v) is 4.44. The smallest absolute Gasteiger partial charge is 0.341 e. The Bertz CT molecular complexity index is 557. The van der Waals surface area contributed by atoms with Gasteiger partial charge in [0.05, 0.1) is 7.11 Å². The molecule has 0 amide bonds. The second-order valence-electron chi connectivity index (χ2n) is 2.83. The van der Waals surface area contributed by atoms with E-state index in [1.165, 1.54) is 4.89 Å². The van der Waals surface area contributed by atoms with E-state index in [-0.39, 0.29) is 0 Å². The van der Waals surface area contributed by atoms with Gasteiger partial charge in [-0.25, -0.2) is 22.0 Å². The summed E-state index contributed by atoms with van der Waals surface area (Å²) in [5.41, 5.74) is -1.34. The van der Waals surface area contributed by atoms with Crippen molar-refractivity contribution in [2.45, 2.75) is 4.90 Å². The fourth-order valence-corrected chi connectivity index (χ4v) is 1.99. The van der Waals surface area contributed by atoms with Crippen LogP contribution in [0.1, 0.15) is 10.4 Å². The highest BCUT2D eigenvalue weighted by atomic mass is 32.2. The van der Waals surface area contributed by atoms with Crippen LogP contribution in [-0.4, -0.2) is 26.6 Å². The van der Waals surface area contributed by atoms with Gasteiger partial charge in [-0.2, -0.15) is 0 Å². The van der Waals surface area contributed by atoms with Crippen molar-refractivity contribution in [3.8, 4) is 0 Å². The molecule has 0 heterocycles. The summed E-state index contributed by atoms with van der Waals surface area (Å²) in [6, 6.07) is 1.13. The third kappa shape index (κ3) is 2.57. The highest BCUT2D eigenvalue weighted by Gasteiger charge is 2.26. The lowest BCUT2D eigenvalue weighted by molar-refractivity contribution is 0.0685. The summed E-state index contributed by atoms with van der Waals surface area (Å²) in [5, 5.41) is 8.54. The summed E-state index contributed by atoms with van der Waals surface area (Å²) in [7, 11) is -3.42. The number of aromatic carboxylic acids is 1. The SMILES string of the molecule is CONS(=O)(=O)c1ccc(F)c(C(=O)O)c1F. The standard InChI is InChI=1S/C8H7F2NO5S/c1-16-11-17(14,15)5-3-2-4(9)6(7(5)10)8(12)13/h2-3,11H,1H3,(H,12,13). The summed E-state index contributed by atoms with van der Waals surface area (Å²) >= 11 is 0. The highest BCUT2D eigenvalue weighted by Crippen LogP contribution is 2.20. The van der Waals surface area contributed by atoms with Crippen LogP contribution in [0, 0.1) is 11.6 Å². The van der Waals surface area contributed by atoms with Gasteiger partial charge < -0.3 is 5.11 Å². The lowest BCUT2D eigenvalue weighted by atomic mass is 10.2. The first-order chi connectivity index (χ1) is 7.81. The van der Waals surface area contributed by atoms with E-state index >= 15 is 0 Å². The van der Waals surface area contributed by atoms with Crippen molar-refractivity contribution in [2.75, 3.05) is 7.11 Å². The predicted molar refractivity (Wildman–Crippen MR) is 50.6 cm³/mol. The number of carboxylic acids is 1. The van der Waals surface area contributed by atoms with E-state index in [0.717, 1.165) is 7.11 Å². The first-order valence-electron chi connectivity index (χ1n) is 4.07.